The highest BCUT2D eigenvalue weighted by Crippen LogP contribution is 2.31. The van der Waals surface area contributed by atoms with Crippen LogP contribution in [0.4, 0.5) is 16.8 Å². The number of hydrogen-bond donors (Lipinski definition) is 2. The Bertz CT molecular complexity index is 731. The number of nitrogens with two attached hydrogens (primary N) is 1. The number of azo groups is 1. The zero-order valence-electron chi connectivity index (χ0n) is 10.1. The largest absolute Gasteiger partial charge is 1.00 e. The third-order valence-electron chi connectivity index (χ3n) is 2.62. The molecule has 0 bridgehead atoms. The smallest absolute Gasteiger partial charge is 0.406 e. The second kappa shape index (κ2) is 5.38. The predicted molar refractivity (Wildman–Crippen MR) is 72.5 cm³/mol. The number of nitrogens with zero attached hydrogens (tertiary/aromatic N) is 2. The van der Waals surface area contributed by atoms with Crippen molar-refractivity contribution in [2.24, 2.45) is 10.2 Å². The van der Waals surface area contributed by atoms with E-state index in [4.69, 9.17) is 5.73 Å². The van der Waals surface area contributed by atoms with Gasteiger partial charge in [0.15, 0.2) is 5.82 Å². The normalized spacial score (nSPS) is 11.0. The van der Waals surface area contributed by atoms with E-state index in [-0.39, 0.29) is 12.4 Å². The zero-order chi connectivity index (χ0) is 12.5. The lowest BCUT2D eigenvalue weighted by Gasteiger charge is -1.87. The maximum Gasteiger partial charge on any atom is 0.406 e. The molecule has 2 heterocycles. The van der Waals surface area contributed by atoms with E-state index >= 15 is 0 Å². The summed E-state index contributed by atoms with van der Waals surface area (Å²) in [6, 6.07) is 7.83. The SMILES string of the molecule is Cc1csc(/N=N/c2[nH]c(N)c3ccccc23)[nH+]1.[Cl-]. The maximum atomic E-state index is 5.89. The van der Waals surface area contributed by atoms with Gasteiger partial charge in [0.1, 0.15) is 11.5 Å². The van der Waals surface area contributed by atoms with Gasteiger partial charge in [0, 0.05) is 16.2 Å². The van der Waals surface area contributed by atoms with Crippen LogP contribution >= 0.6 is 11.3 Å². The van der Waals surface area contributed by atoms with Crippen LogP contribution in [0.3, 0.4) is 0 Å². The molecule has 0 saturated carbocycles. The van der Waals surface area contributed by atoms with Gasteiger partial charge in [-0.25, -0.2) is 4.98 Å². The van der Waals surface area contributed by atoms with Crippen LogP contribution in [0.25, 0.3) is 10.8 Å². The summed E-state index contributed by atoms with van der Waals surface area (Å²) in [6.45, 7) is 1.98. The minimum Gasteiger partial charge on any atom is -1.00 e. The second-order valence-corrected chi connectivity index (χ2v) is 4.84. The fraction of sp³-hybridized carbons (Fsp3) is 0.0833. The van der Waals surface area contributed by atoms with E-state index in [0.717, 1.165) is 21.6 Å². The highest BCUT2D eigenvalue weighted by atomic mass is 35.5. The van der Waals surface area contributed by atoms with Crippen molar-refractivity contribution in [2.45, 2.75) is 6.92 Å². The Hall–Kier alpha value is -1.92. The van der Waals surface area contributed by atoms with E-state index in [1.165, 1.54) is 11.3 Å². The van der Waals surface area contributed by atoms with Crippen LogP contribution in [0.1, 0.15) is 5.69 Å². The third kappa shape index (κ3) is 2.59. The van der Waals surface area contributed by atoms with Gasteiger partial charge in [-0.05, 0) is 23.4 Å². The van der Waals surface area contributed by atoms with Crippen LogP contribution in [0, 0.1) is 6.92 Å². The molecule has 0 amide bonds. The van der Waals surface area contributed by atoms with E-state index in [9.17, 15) is 0 Å². The molecule has 0 atom stereocenters. The van der Waals surface area contributed by atoms with E-state index < -0.39 is 0 Å². The molecule has 5 nitrogen and oxygen atoms in total. The molecule has 3 aromatic rings. The first-order valence-corrected chi connectivity index (χ1v) is 6.37. The van der Waals surface area contributed by atoms with Crippen molar-refractivity contribution in [1.29, 1.82) is 0 Å². The minimum atomic E-state index is 0. The number of fused-ring (bicyclic) bond motifs is 1. The number of rotatable bonds is 2. The Balaban J connectivity index is 0.00000133. The highest BCUT2D eigenvalue weighted by molar-refractivity contribution is 7.12. The third-order valence-corrected chi connectivity index (χ3v) is 3.50. The van der Waals surface area contributed by atoms with Gasteiger partial charge < -0.3 is 23.1 Å². The van der Waals surface area contributed by atoms with Crippen LogP contribution in [-0.4, -0.2) is 4.98 Å². The molecule has 4 N–H and O–H groups in total. The molecule has 0 radical (unpaired) electrons. The van der Waals surface area contributed by atoms with Crippen LogP contribution in [0.5, 0.6) is 0 Å². The maximum absolute atomic E-state index is 5.89. The molecular formula is C12H12ClN5S. The lowest BCUT2D eigenvalue weighted by atomic mass is 10.2. The number of benzene rings is 1. The van der Waals surface area contributed by atoms with Gasteiger partial charge in [0.05, 0.1) is 5.11 Å². The number of aryl methyl sites for hydroxylation is 1. The molecule has 0 aliphatic heterocycles. The fourth-order valence-electron chi connectivity index (χ4n) is 1.78. The van der Waals surface area contributed by atoms with Crippen LogP contribution in [-0.2, 0) is 0 Å². The summed E-state index contributed by atoms with van der Waals surface area (Å²) in [6.07, 6.45) is 0. The first kappa shape index (κ1) is 13.5. The van der Waals surface area contributed by atoms with Crippen LogP contribution < -0.4 is 23.1 Å². The molecule has 0 fully saturated rings. The van der Waals surface area contributed by atoms with E-state index in [1.807, 2.05) is 36.6 Å². The first-order valence-electron chi connectivity index (χ1n) is 5.49. The number of halogens is 1. The molecule has 3 rings (SSSR count). The predicted octanol–water partition coefficient (Wildman–Crippen LogP) is 0.354. The summed E-state index contributed by atoms with van der Waals surface area (Å²) >= 11 is 1.52. The molecule has 1 aromatic carbocycles. The lowest BCUT2D eigenvalue weighted by molar-refractivity contribution is -0.366. The van der Waals surface area contributed by atoms with Crippen molar-refractivity contribution >= 4 is 38.9 Å². The van der Waals surface area contributed by atoms with Gasteiger partial charge in [-0.15, -0.1) is 0 Å². The first-order chi connectivity index (χ1) is 8.74. The number of anilines is 1. The average Bonchev–Trinajstić information content (AvgIpc) is 2.92. The van der Waals surface area contributed by atoms with Crippen LogP contribution in [0.2, 0.25) is 0 Å². The summed E-state index contributed by atoms with van der Waals surface area (Å²) < 4.78 is 0. The Morgan fingerprint density at radius 1 is 1.21 bits per heavy atom. The van der Waals surface area contributed by atoms with Gasteiger partial charge in [-0.1, -0.05) is 24.3 Å². The standard InChI is InChI=1S/C12H11N5S.ClH/c1-7-6-18-12(14-7)17-16-11-9-5-3-2-4-8(9)10(13)15-11;/h2-6,15H,13H2,1H3;1H/b17-16+;. The molecule has 98 valence electrons. The number of H-pyrrole nitrogens is 2. The van der Waals surface area contributed by atoms with E-state index in [0.29, 0.717) is 11.6 Å². The Morgan fingerprint density at radius 3 is 2.63 bits per heavy atom. The molecule has 0 aliphatic rings. The molecule has 0 saturated heterocycles. The molecular weight excluding hydrogens is 282 g/mol. The molecule has 19 heavy (non-hydrogen) atoms. The van der Waals surface area contributed by atoms with E-state index in [2.05, 4.69) is 20.2 Å². The summed E-state index contributed by atoms with van der Waals surface area (Å²) in [7, 11) is 0. The van der Waals surface area contributed by atoms with Crippen molar-refractivity contribution in [3.8, 4) is 0 Å². The fourth-order valence-corrected chi connectivity index (χ4v) is 2.44. The van der Waals surface area contributed by atoms with Gasteiger partial charge in [-0.3, -0.25) is 0 Å². The molecule has 0 aliphatic carbocycles. The zero-order valence-corrected chi connectivity index (χ0v) is 11.7. The van der Waals surface area contributed by atoms with Crippen LogP contribution in [0.15, 0.2) is 39.9 Å². The van der Waals surface area contributed by atoms with Gasteiger partial charge in [0.25, 0.3) is 0 Å². The number of aromatic nitrogens is 2. The number of nitrogen functional groups attached to an aromatic ring is 1. The topological polar surface area (TPSA) is 80.7 Å². The van der Waals surface area contributed by atoms with Crippen molar-refractivity contribution < 1.29 is 17.4 Å². The highest BCUT2D eigenvalue weighted by Gasteiger charge is 2.10. The van der Waals surface area contributed by atoms with Crippen molar-refractivity contribution in [3.05, 3.63) is 35.3 Å². The quantitative estimate of drug-likeness (QED) is 0.657. The van der Waals surface area contributed by atoms with Crippen molar-refractivity contribution in [3.63, 3.8) is 0 Å². The second-order valence-electron chi connectivity index (χ2n) is 3.98. The summed E-state index contributed by atoms with van der Waals surface area (Å²) in [5, 5.41) is 13.1. The summed E-state index contributed by atoms with van der Waals surface area (Å²) in [5.74, 6) is 1.30. The molecule has 0 unspecified atom stereocenters. The van der Waals surface area contributed by atoms with Gasteiger partial charge in [0.2, 0.25) is 0 Å². The monoisotopic (exact) mass is 293 g/mol. The lowest BCUT2D eigenvalue weighted by Crippen LogP contribution is -3.00. The number of nitrogens with one attached hydrogen (secondary N) is 2. The van der Waals surface area contributed by atoms with Gasteiger partial charge >= 0.3 is 5.13 Å². The number of hydrogen-bond acceptors (Lipinski definition) is 4. The molecule has 7 heteroatoms. The average molecular weight is 294 g/mol. The Kier molecular flexibility index (Phi) is 3.82. The van der Waals surface area contributed by atoms with E-state index in [1.54, 1.807) is 0 Å². The Morgan fingerprint density at radius 2 is 1.95 bits per heavy atom. The van der Waals surface area contributed by atoms with Crippen molar-refractivity contribution in [1.82, 2.24) is 4.98 Å². The summed E-state index contributed by atoms with van der Waals surface area (Å²) in [5.41, 5.74) is 6.96. The molecule has 2 aromatic heterocycles. The Labute approximate surface area is 120 Å². The van der Waals surface area contributed by atoms with Gasteiger partial charge in [-0.2, -0.15) is 0 Å². The number of aromatic amines is 2. The molecule has 0 spiro atoms. The summed E-state index contributed by atoms with van der Waals surface area (Å²) in [4.78, 5) is 6.15. The van der Waals surface area contributed by atoms with Crippen molar-refractivity contribution in [2.75, 3.05) is 5.73 Å². The minimum absolute atomic E-state index is 0. The number of thiazole rings is 1.